The molecule has 7 heteroatoms. The molecule has 0 spiro atoms. The third-order valence-corrected chi connectivity index (χ3v) is 4.38. The van der Waals surface area contributed by atoms with E-state index in [0.29, 0.717) is 28.0 Å². The Morgan fingerprint density at radius 2 is 1.96 bits per heavy atom. The molecule has 0 radical (unpaired) electrons. The lowest BCUT2D eigenvalue weighted by Gasteiger charge is -2.13. The van der Waals surface area contributed by atoms with E-state index in [1.807, 2.05) is 0 Å². The average Bonchev–Trinajstić information content (AvgIpc) is 3.15. The zero-order valence-corrected chi connectivity index (χ0v) is 15.1. The molecule has 28 heavy (non-hydrogen) atoms. The maximum absolute atomic E-state index is 12.6. The minimum Gasteiger partial charge on any atom is -0.495 e. The zero-order chi connectivity index (χ0) is 19.8. The van der Waals surface area contributed by atoms with E-state index in [0.717, 1.165) is 0 Å². The minimum absolute atomic E-state index is 0.0655. The third kappa shape index (κ3) is 2.87. The number of furan rings is 1. The highest BCUT2D eigenvalue weighted by atomic mass is 16.5. The lowest BCUT2D eigenvalue weighted by Crippen LogP contribution is -2.06. The number of carbonyl (C=O) groups is 1. The maximum Gasteiger partial charge on any atom is 0.335 e. The highest BCUT2D eigenvalue weighted by molar-refractivity contribution is 6.06. The molecule has 0 unspecified atom stereocenters. The molecule has 0 aliphatic heterocycles. The highest BCUT2D eigenvalue weighted by Gasteiger charge is 2.23. The Kier molecular flexibility index (Phi) is 4.27. The number of methoxy groups -OCH3 is 1. The van der Waals surface area contributed by atoms with Gasteiger partial charge in [0.1, 0.15) is 23.5 Å². The van der Waals surface area contributed by atoms with Crippen molar-refractivity contribution in [2.45, 2.75) is 13.5 Å². The van der Waals surface area contributed by atoms with Crippen LogP contribution in [0.3, 0.4) is 0 Å². The third-order valence-electron chi connectivity index (χ3n) is 4.38. The summed E-state index contributed by atoms with van der Waals surface area (Å²) in [7, 11) is 1.47. The van der Waals surface area contributed by atoms with Crippen molar-refractivity contribution in [3.05, 3.63) is 69.8 Å². The first-order valence-electron chi connectivity index (χ1n) is 8.46. The van der Waals surface area contributed by atoms with Crippen LogP contribution < -0.4 is 14.9 Å². The first-order valence-corrected chi connectivity index (χ1v) is 8.46. The summed E-state index contributed by atoms with van der Waals surface area (Å²) in [5.41, 5.74) is 1.16. The first kappa shape index (κ1) is 17.7. The van der Waals surface area contributed by atoms with Gasteiger partial charge in [0, 0.05) is 6.07 Å². The standard InChI is InChI=1S/C21H16O7/c1-11-8-15(22)16-17(25-2)14-6-7-26-18(14)20(19(16)28-11)27-10-12-4-3-5-13(9-12)21(23)24/h3-9H,10H2,1-2H3,(H,23,24). The van der Waals surface area contributed by atoms with Crippen LogP contribution >= 0.6 is 0 Å². The van der Waals surface area contributed by atoms with E-state index < -0.39 is 5.97 Å². The summed E-state index contributed by atoms with van der Waals surface area (Å²) in [6, 6.07) is 9.48. The minimum atomic E-state index is -1.02. The molecule has 0 bridgehead atoms. The normalized spacial score (nSPS) is 11.1. The van der Waals surface area contributed by atoms with Gasteiger partial charge in [0.15, 0.2) is 16.6 Å². The van der Waals surface area contributed by atoms with Gasteiger partial charge in [-0.2, -0.15) is 0 Å². The van der Waals surface area contributed by atoms with Crippen molar-refractivity contribution in [3.63, 3.8) is 0 Å². The lowest BCUT2D eigenvalue weighted by molar-refractivity contribution is 0.0696. The van der Waals surface area contributed by atoms with Gasteiger partial charge in [-0.15, -0.1) is 0 Å². The van der Waals surface area contributed by atoms with E-state index in [2.05, 4.69) is 0 Å². The topological polar surface area (TPSA) is 99.1 Å². The summed E-state index contributed by atoms with van der Waals surface area (Å²) >= 11 is 0. The van der Waals surface area contributed by atoms with E-state index in [1.165, 1.54) is 31.6 Å². The molecule has 4 rings (SSSR count). The molecule has 0 amide bonds. The molecular weight excluding hydrogens is 364 g/mol. The molecule has 4 aromatic rings. The van der Waals surface area contributed by atoms with Crippen LogP contribution in [-0.2, 0) is 6.61 Å². The molecule has 0 aliphatic rings. The molecule has 0 saturated heterocycles. The predicted octanol–water partition coefficient (Wildman–Crippen LogP) is 4.13. The Balaban J connectivity index is 1.88. The van der Waals surface area contributed by atoms with Gasteiger partial charge in [-0.05, 0) is 30.7 Å². The number of carboxylic acid groups (broad SMARTS) is 1. The number of aryl methyl sites for hydroxylation is 1. The molecule has 2 aromatic heterocycles. The van der Waals surface area contributed by atoms with E-state index in [4.69, 9.17) is 23.4 Å². The number of aromatic carboxylic acids is 1. The van der Waals surface area contributed by atoms with Gasteiger partial charge in [-0.3, -0.25) is 4.79 Å². The van der Waals surface area contributed by atoms with Crippen molar-refractivity contribution in [2.75, 3.05) is 7.11 Å². The quantitative estimate of drug-likeness (QED) is 0.556. The number of fused-ring (bicyclic) bond motifs is 2. The number of rotatable bonds is 5. The Hall–Kier alpha value is -3.74. The second-order valence-corrected chi connectivity index (χ2v) is 6.25. The van der Waals surface area contributed by atoms with Crippen LogP contribution in [0.15, 0.2) is 56.3 Å². The smallest absolute Gasteiger partial charge is 0.335 e. The van der Waals surface area contributed by atoms with Crippen LogP contribution in [0.5, 0.6) is 11.5 Å². The second-order valence-electron chi connectivity index (χ2n) is 6.25. The van der Waals surface area contributed by atoms with Crippen molar-refractivity contribution in [1.29, 1.82) is 0 Å². The Morgan fingerprint density at radius 1 is 1.14 bits per heavy atom. The van der Waals surface area contributed by atoms with Crippen LogP contribution in [0, 0.1) is 6.92 Å². The number of carboxylic acids is 1. The maximum atomic E-state index is 12.6. The molecule has 0 aliphatic carbocycles. The summed E-state index contributed by atoms with van der Waals surface area (Å²) in [6.45, 7) is 1.73. The van der Waals surface area contributed by atoms with Gasteiger partial charge in [0.05, 0.1) is 24.3 Å². The van der Waals surface area contributed by atoms with Crippen LogP contribution in [-0.4, -0.2) is 18.2 Å². The van der Waals surface area contributed by atoms with Crippen molar-refractivity contribution >= 4 is 27.9 Å². The predicted molar refractivity (Wildman–Crippen MR) is 101 cm³/mol. The van der Waals surface area contributed by atoms with Gasteiger partial charge in [-0.25, -0.2) is 4.79 Å². The molecule has 0 saturated carbocycles. The SMILES string of the molecule is COc1c2ccoc2c(OCc2cccc(C(=O)O)c2)c2oc(C)cc(=O)c12. The van der Waals surface area contributed by atoms with Crippen molar-refractivity contribution in [1.82, 2.24) is 0 Å². The van der Waals surface area contributed by atoms with Gasteiger partial charge < -0.3 is 23.4 Å². The van der Waals surface area contributed by atoms with E-state index in [1.54, 1.807) is 25.1 Å². The van der Waals surface area contributed by atoms with Crippen molar-refractivity contribution in [3.8, 4) is 11.5 Å². The largest absolute Gasteiger partial charge is 0.495 e. The molecule has 2 aromatic carbocycles. The number of hydrogen-bond donors (Lipinski definition) is 1. The van der Waals surface area contributed by atoms with Crippen LogP contribution in [0.2, 0.25) is 0 Å². The van der Waals surface area contributed by atoms with E-state index in [-0.39, 0.29) is 34.3 Å². The monoisotopic (exact) mass is 380 g/mol. The van der Waals surface area contributed by atoms with Crippen LogP contribution in [0.25, 0.3) is 21.9 Å². The van der Waals surface area contributed by atoms with Crippen molar-refractivity contribution < 1.29 is 28.2 Å². The molecule has 0 atom stereocenters. The molecule has 7 nitrogen and oxygen atoms in total. The van der Waals surface area contributed by atoms with E-state index >= 15 is 0 Å². The Bertz CT molecular complexity index is 1260. The number of benzene rings is 2. The fraction of sp³-hybridized carbons (Fsp3) is 0.143. The molecular formula is C21H16O7. The highest BCUT2D eigenvalue weighted by Crippen LogP contribution is 2.42. The molecule has 1 N–H and O–H groups in total. The van der Waals surface area contributed by atoms with Crippen LogP contribution in [0.1, 0.15) is 21.7 Å². The summed E-state index contributed by atoms with van der Waals surface area (Å²) in [6.07, 6.45) is 1.47. The zero-order valence-electron chi connectivity index (χ0n) is 15.1. The second kappa shape index (κ2) is 6.77. The van der Waals surface area contributed by atoms with Crippen molar-refractivity contribution in [2.24, 2.45) is 0 Å². The van der Waals surface area contributed by atoms with Gasteiger partial charge in [0.2, 0.25) is 5.75 Å². The Labute approximate surface area is 158 Å². The van der Waals surface area contributed by atoms with Gasteiger partial charge in [-0.1, -0.05) is 12.1 Å². The van der Waals surface area contributed by atoms with Gasteiger partial charge >= 0.3 is 5.97 Å². The fourth-order valence-corrected chi connectivity index (χ4v) is 3.18. The summed E-state index contributed by atoms with van der Waals surface area (Å²) in [5.74, 6) is 0.0139. The molecule has 2 heterocycles. The summed E-state index contributed by atoms with van der Waals surface area (Å²) < 4.78 is 22.7. The summed E-state index contributed by atoms with van der Waals surface area (Å²) in [5, 5.41) is 9.99. The average molecular weight is 380 g/mol. The Morgan fingerprint density at radius 3 is 2.71 bits per heavy atom. The first-order chi connectivity index (χ1) is 13.5. The van der Waals surface area contributed by atoms with Gasteiger partial charge in [0.25, 0.3) is 0 Å². The number of ether oxygens (including phenoxy) is 2. The lowest BCUT2D eigenvalue weighted by atomic mass is 10.1. The molecule has 0 fully saturated rings. The molecule has 142 valence electrons. The fourth-order valence-electron chi connectivity index (χ4n) is 3.18. The number of hydrogen-bond acceptors (Lipinski definition) is 6. The summed E-state index contributed by atoms with van der Waals surface area (Å²) in [4.78, 5) is 23.8. The van der Waals surface area contributed by atoms with Crippen LogP contribution in [0.4, 0.5) is 0 Å². The van der Waals surface area contributed by atoms with E-state index in [9.17, 15) is 9.59 Å².